The minimum atomic E-state index is 0.846. The highest BCUT2D eigenvalue weighted by Crippen LogP contribution is 2.20. The highest BCUT2D eigenvalue weighted by molar-refractivity contribution is 4.79. The van der Waals surface area contributed by atoms with E-state index < -0.39 is 0 Å². The van der Waals surface area contributed by atoms with E-state index >= 15 is 0 Å². The van der Waals surface area contributed by atoms with Crippen LogP contribution in [-0.4, -0.2) is 37.1 Å². The van der Waals surface area contributed by atoms with Crippen molar-refractivity contribution in [3.05, 3.63) is 0 Å². The minimum absolute atomic E-state index is 0.846. The zero-order valence-electron chi connectivity index (χ0n) is 9.47. The van der Waals surface area contributed by atoms with Crippen LogP contribution < -0.4 is 5.32 Å². The lowest BCUT2D eigenvalue weighted by atomic mass is 10.0. The van der Waals surface area contributed by atoms with Gasteiger partial charge in [0.1, 0.15) is 0 Å². The summed E-state index contributed by atoms with van der Waals surface area (Å²) in [5.41, 5.74) is 0. The molecule has 2 nitrogen and oxygen atoms in total. The molecule has 0 aromatic rings. The fraction of sp³-hybridized carbons (Fsp3) is 1.00. The lowest BCUT2D eigenvalue weighted by Crippen LogP contribution is -2.35. The summed E-state index contributed by atoms with van der Waals surface area (Å²) in [5, 5.41) is 3.56. The largest absolute Gasteiger partial charge is 0.316 e. The summed E-state index contributed by atoms with van der Waals surface area (Å²) < 4.78 is 0. The minimum Gasteiger partial charge on any atom is -0.316 e. The van der Waals surface area contributed by atoms with Gasteiger partial charge in [0.05, 0.1) is 0 Å². The summed E-state index contributed by atoms with van der Waals surface area (Å²) in [6, 6.07) is 0.846. The molecule has 14 heavy (non-hydrogen) atoms. The summed E-state index contributed by atoms with van der Waals surface area (Å²) >= 11 is 0. The molecule has 0 aromatic carbocycles. The Kier molecular flexibility index (Phi) is 3.82. The van der Waals surface area contributed by atoms with Gasteiger partial charge in [0.2, 0.25) is 0 Å². The molecule has 2 rings (SSSR count). The Morgan fingerprint density at radius 1 is 1.21 bits per heavy atom. The van der Waals surface area contributed by atoms with Crippen LogP contribution in [0.5, 0.6) is 0 Å². The van der Waals surface area contributed by atoms with E-state index in [1.807, 2.05) is 0 Å². The molecule has 0 amide bonds. The van der Waals surface area contributed by atoms with E-state index in [1.165, 1.54) is 58.3 Å². The zero-order chi connectivity index (χ0) is 9.80. The van der Waals surface area contributed by atoms with Gasteiger partial charge in [0.15, 0.2) is 0 Å². The lowest BCUT2D eigenvalue weighted by molar-refractivity contribution is 0.219. The maximum absolute atomic E-state index is 3.56. The topological polar surface area (TPSA) is 15.3 Å². The van der Waals surface area contributed by atoms with Crippen LogP contribution in [0.4, 0.5) is 0 Å². The van der Waals surface area contributed by atoms with Crippen molar-refractivity contribution < 1.29 is 0 Å². The summed E-state index contributed by atoms with van der Waals surface area (Å²) in [5.74, 6) is 0.915. The van der Waals surface area contributed by atoms with E-state index in [4.69, 9.17) is 0 Å². The molecule has 0 aromatic heterocycles. The molecule has 2 saturated heterocycles. The van der Waals surface area contributed by atoms with E-state index in [-0.39, 0.29) is 0 Å². The molecule has 2 heterocycles. The van der Waals surface area contributed by atoms with Gasteiger partial charge in [-0.15, -0.1) is 0 Å². The van der Waals surface area contributed by atoms with Crippen molar-refractivity contribution in [3.8, 4) is 0 Å². The van der Waals surface area contributed by atoms with Crippen LogP contribution in [0.2, 0.25) is 0 Å². The summed E-state index contributed by atoms with van der Waals surface area (Å²) in [4.78, 5) is 2.69. The van der Waals surface area contributed by atoms with Crippen LogP contribution in [0.25, 0.3) is 0 Å². The van der Waals surface area contributed by atoms with Crippen molar-refractivity contribution >= 4 is 0 Å². The molecule has 0 bridgehead atoms. The molecule has 0 aliphatic carbocycles. The summed E-state index contributed by atoms with van der Waals surface area (Å²) in [7, 11) is 0. The van der Waals surface area contributed by atoms with Crippen molar-refractivity contribution in [2.45, 2.75) is 45.1 Å². The van der Waals surface area contributed by atoms with Crippen LogP contribution in [0.3, 0.4) is 0 Å². The highest BCUT2D eigenvalue weighted by atomic mass is 15.2. The molecule has 0 saturated carbocycles. The quantitative estimate of drug-likeness (QED) is 0.725. The molecular weight excluding hydrogens is 172 g/mol. The first-order valence-corrected chi connectivity index (χ1v) is 6.31. The van der Waals surface area contributed by atoms with Crippen LogP contribution in [0, 0.1) is 5.92 Å². The van der Waals surface area contributed by atoms with Gasteiger partial charge in [-0.3, -0.25) is 0 Å². The first kappa shape index (κ1) is 10.4. The predicted octanol–water partition coefficient (Wildman–Crippen LogP) is 1.86. The van der Waals surface area contributed by atoms with E-state index in [9.17, 15) is 0 Å². The van der Waals surface area contributed by atoms with E-state index in [0.717, 1.165) is 12.0 Å². The monoisotopic (exact) mass is 196 g/mol. The van der Waals surface area contributed by atoms with Crippen molar-refractivity contribution in [2.75, 3.05) is 26.2 Å². The maximum Gasteiger partial charge on any atom is 0.00675 e. The number of rotatable bonds is 2. The summed E-state index contributed by atoms with van der Waals surface area (Å²) in [6.07, 6.45) is 7.09. The Bertz CT molecular complexity index is 162. The Hall–Kier alpha value is -0.0800. The van der Waals surface area contributed by atoms with Gasteiger partial charge < -0.3 is 10.2 Å². The molecule has 0 spiro atoms. The maximum atomic E-state index is 3.56. The highest BCUT2D eigenvalue weighted by Gasteiger charge is 2.23. The summed E-state index contributed by atoms with van der Waals surface area (Å²) in [6.45, 7) is 7.57. The molecule has 1 N–H and O–H groups in total. The van der Waals surface area contributed by atoms with Crippen LogP contribution in [-0.2, 0) is 0 Å². The second kappa shape index (κ2) is 5.13. The number of hydrogen-bond acceptors (Lipinski definition) is 2. The van der Waals surface area contributed by atoms with Crippen LogP contribution in [0.1, 0.15) is 39.0 Å². The first-order chi connectivity index (χ1) is 6.86. The van der Waals surface area contributed by atoms with E-state index in [0.29, 0.717) is 0 Å². The predicted molar refractivity (Wildman–Crippen MR) is 60.5 cm³/mol. The zero-order valence-corrected chi connectivity index (χ0v) is 9.47. The Labute approximate surface area is 88.1 Å². The second-order valence-electron chi connectivity index (χ2n) is 5.05. The molecule has 2 fully saturated rings. The van der Waals surface area contributed by atoms with Gasteiger partial charge in [-0.1, -0.05) is 6.42 Å². The third kappa shape index (κ3) is 2.71. The first-order valence-electron chi connectivity index (χ1n) is 6.31. The number of nitrogens with zero attached hydrogens (tertiary/aromatic N) is 1. The van der Waals surface area contributed by atoms with Gasteiger partial charge in [0.25, 0.3) is 0 Å². The van der Waals surface area contributed by atoms with Gasteiger partial charge >= 0.3 is 0 Å². The lowest BCUT2D eigenvalue weighted by Gasteiger charge is -2.26. The molecule has 82 valence electrons. The van der Waals surface area contributed by atoms with Crippen LogP contribution in [0.15, 0.2) is 0 Å². The second-order valence-corrected chi connectivity index (χ2v) is 5.05. The van der Waals surface area contributed by atoms with Crippen molar-refractivity contribution in [1.29, 1.82) is 0 Å². The van der Waals surface area contributed by atoms with Gasteiger partial charge in [-0.2, -0.15) is 0 Å². The molecule has 2 aliphatic rings. The fourth-order valence-corrected chi connectivity index (χ4v) is 2.84. The molecule has 2 heteroatoms. The fourth-order valence-electron chi connectivity index (χ4n) is 2.84. The molecule has 0 radical (unpaired) electrons. The van der Waals surface area contributed by atoms with Gasteiger partial charge in [-0.05, 0) is 58.2 Å². The van der Waals surface area contributed by atoms with Crippen molar-refractivity contribution in [3.63, 3.8) is 0 Å². The molecular formula is C12H24N2. The number of hydrogen-bond donors (Lipinski definition) is 1. The average molecular weight is 196 g/mol. The molecule has 2 unspecified atom stereocenters. The SMILES string of the molecule is CC1CCCN1CC1CCCCNC1. The van der Waals surface area contributed by atoms with Gasteiger partial charge in [0, 0.05) is 12.6 Å². The Balaban J connectivity index is 1.77. The van der Waals surface area contributed by atoms with Crippen LogP contribution >= 0.6 is 0 Å². The Morgan fingerprint density at radius 2 is 2.14 bits per heavy atom. The Morgan fingerprint density at radius 3 is 2.93 bits per heavy atom. The van der Waals surface area contributed by atoms with Crippen molar-refractivity contribution in [1.82, 2.24) is 10.2 Å². The van der Waals surface area contributed by atoms with Gasteiger partial charge in [-0.25, -0.2) is 0 Å². The van der Waals surface area contributed by atoms with E-state index in [2.05, 4.69) is 17.1 Å². The third-order valence-corrected chi connectivity index (χ3v) is 3.83. The standard InChI is InChI=1S/C12H24N2/c1-11-5-4-8-14(11)10-12-6-2-3-7-13-9-12/h11-13H,2-10H2,1H3. The average Bonchev–Trinajstić information content (AvgIpc) is 2.44. The molecule has 2 atom stereocenters. The smallest absolute Gasteiger partial charge is 0.00675 e. The normalized spacial score (nSPS) is 35.8. The number of nitrogens with one attached hydrogen (secondary N) is 1. The van der Waals surface area contributed by atoms with E-state index in [1.54, 1.807) is 0 Å². The molecule has 2 aliphatic heterocycles. The third-order valence-electron chi connectivity index (χ3n) is 3.83. The van der Waals surface area contributed by atoms with Crippen molar-refractivity contribution in [2.24, 2.45) is 5.92 Å². The number of likely N-dealkylation sites (tertiary alicyclic amines) is 1.